The number of halogens is 3. The molecule has 1 aliphatic heterocycles. The van der Waals surface area contributed by atoms with Gasteiger partial charge in [-0.25, -0.2) is 4.98 Å². The molecule has 0 bridgehead atoms. The van der Waals surface area contributed by atoms with Crippen LogP contribution in [-0.2, 0) is 6.18 Å². The van der Waals surface area contributed by atoms with Crippen LogP contribution in [0.5, 0.6) is 0 Å². The molecule has 2 nitrogen and oxygen atoms in total. The normalized spacial score (nSPS) is 18.7. The number of nitrogens with one attached hydrogen (secondary N) is 1. The maximum absolute atomic E-state index is 12.1. The Bertz CT molecular complexity index is 303. The third kappa shape index (κ3) is 1.68. The Kier molecular flexibility index (Phi) is 2.03. The fourth-order valence-corrected chi connectivity index (χ4v) is 1.87. The van der Waals surface area contributed by atoms with Crippen molar-refractivity contribution in [2.45, 2.75) is 12.1 Å². The summed E-state index contributed by atoms with van der Waals surface area (Å²) < 4.78 is 36.4. The number of thiazole rings is 1. The van der Waals surface area contributed by atoms with Crippen LogP contribution in [0.4, 0.5) is 13.2 Å². The topological polar surface area (TPSA) is 24.9 Å². The van der Waals surface area contributed by atoms with Gasteiger partial charge in [0.2, 0.25) is 0 Å². The second-order valence-corrected chi connectivity index (χ2v) is 3.79. The van der Waals surface area contributed by atoms with Crippen LogP contribution in [0.2, 0.25) is 0 Å². The van der Waals surface area contributed by atoms with E-state index < -0.39 is 11.2 Å². The molecule has 0 unspecified atom stereocenters. The number of aromatic nitrogens is 1. The molecule has 0 saturated carbocycles. The van der Waals surface area contributed by atoms with Crippen LogP contribution >= 0.6 is 11.3 Å². The predicted octanol–water partition coefficient (Wildman–Crippen LogP) is 1.85. The number of rotatable bonds is 1. The van der Waals surface area contributed by atoms with Crippen LogP contribution in [0.3, 0.4) is 0 Å². The van der Waals surface area contributed by atoms with Crippen molar-refractivity contribution in [3.8, 4) is 0 Å². The van der Waals surface area contributed by atoms with Gasteiger partial charge >= 0.3 is 6.18 Å². The van der Waals surface area contributed by atoms with Gasteiger partial charge in [0.25, 0.3) is 0 Å². The lowest BCUT2D eigenvalue weighted by atomic mass is 10.0. The summed E-state index contributed by atoms with van der Waals surface area (Å²) >= 11 is 0.670. The molecule has 0 aromatic carbocycles. The lowest BCUT2D eigenvalue weighted by Gasteiger charge is -2.25. The van der Waals surface area contributed by atoms with Crippen LogP contribution < -0.4 is 5.32 Å². The van der Waals surface area contributed by atoms with Crippen molar-refractivity contribution in [2.24, 2.45) is 0 Å². The maximum atomic E-state index is 12.1. The second-order valence-electron chi connectivity index (χ2n) is 2.93. The first-order valence-electron chi connectivity index (χ1n) is 3.80. The molecule has 0 amide bonds. The smallest absolute Gasteiger partial charge is 0.315 e. The lowest BCUT2D eigenvalue weighted by Crippen LogP contribution is -2.40. The maximum Gasteiger partial charge on any atom is 0.443 e. The summed E-state index contributed by atoms with van der Waals surface area (Å²) in [5, 5.41) is 3.74. The summed E-state index contributed by atoms with van der Waals surface area (Å²) in [6, 6.07) is 0. The van der Waals surface area contributed by atoms with Crippen molar-refractivity contribution in [3.05, 3.63) is 16.1 Å². The van der Waals surface area contributed by atoms with E-state index in [0.29, 0.717) is 17.0 Å². The molecule has 0 spiro atoms. The molecule has 1 saturated heterocycles. The summed E-state index contributed by atoms with van der Waals surface area (Å²) in [7, 11) is 0. The number of hydrogen-bond donors (Lipinski definition) is 1. The lowest BCUT2D eigenvalue weighted by molar-refractivity contribution is -0.137. The molecule has 1 aliphatic rings. The molecule has 1 fully saturated rings. The van der Waals surface area contributed by atoms with Gasteiger partial charge in [-0.05, 0) is 0 Å². The molecule has 13 heavy (non-hydrogen) atoms. The highest BCUT2D eigenvalue weighted by Crippen LogP contribution is 2.33. The van der Waals surface area contributed by atoms with Gasteiger partial charge in [0.1, 0.15) is 0 Å². The van der Waals surface area contributed by atoms with Crippen LogP contribution in [-0.4, -0.2) is 18.1 Å². The fourth-order valence-electron chi connectivity index (χ4n) is 1.10. The SMILES string of the molecule is FC(F)(F)c1nc(C2CNC2)cs1. The molecule has 0 atom stereocenters. The standard InChI is InChI=1S/C7H7F3N2S/c8-7(9,10)6-12-5(3-13-6)4-1-11-2-4/h3-4,11H,1-2H2. The van der Waals surface area contributed by atoms with E-state index in [4.69, 9.17) is 0 Å². The molecule has 72 valence electrons. The highest BCUT2D eigenvalue weighted by molar-refractivity contribution is 7.09. The second kappa shape index (κ2) is 2.95. The Morgan fingerprint density at radius 3 is 2.54 bits per heavy atom. The van der Waals surface area contributed by atoms with E-state index in [9.17, 15) is 13.2 Å². The van der Waals surface area contributed by atoms with E-state index in [1.807, 2.05) is 0 Å². The number of hydrogen-bond acceptors (Lipinski definition) is 3. The summed E-state index contributed by atoms with van der Waals surface area (Å²) in [5.41, 5.74) is 0.566. The number of alkyl halides is 3. The van der Waals surface area contributed by atoms with E-state index in [1.165, 1.54) is 5.38 Å². The largest absolute Gasteiger partial charge is 0.443 e. The molecule has 0 radical (unpaired) electrons. The zero-order valence-electron chi connectivity index (χ0n) is 6.56. The molecule has 1 N–H and O–H groups in total. The van der Waals surface area contributed by atoms with Crippen LogP contribution in [0.1, 0.15) is 16.6 Å². The van der Waals surface area contributed by atoms with E-state index in [1.54, 1.807) is 0 Å². The van der Waals surface area contributed by atoms with E-state index in [0.717, 1.165) is 13.1 Å². The first-order chi connectivity index (χ1) is 6.07. The first-order valence-corrected chi connectivity index (χ1v) is 4.68. The van der Waals surface area contributed by atoms with Gasteiger partial charge in [-0.15, -0.1) is 11.3 Å². The van der Waals surface area contributed by atoms with Gasteiger partial charge in [0.05, 0.1) is 5.69 Å². The number of nitrogens with zero attached hydrogens (tertiary/aromatic N) is 1. The molecule has 1 aromatic heterocycles. The quantitative estimate of drug-likeness (QED) is 0.761. The van der Waals surface area contributed by atoms with Crippen molar-refractivity contribution >= 4 is 11.3 Å². The molecule has 2 heterocycles. The van der Waals surface area contributed by atoms with Gasteiger partial charge in [-0.1, -0.05) is 0 Å². The van der Waals surface area contributed by atoms with Crippen LogP contribution in [0.25, 0.3) is 0 Å². The van der Waals surface area contributed by atoms with Gasteiger partial charge in [0, 0.05) is 24.4 Å². The van der Waals surface area contributed by atoms with Crippen LogP contribution in [0, 0.1) is 0 Å². The summed E-state index contributed by atoms with van der Waals surface area (Å²) in [4.78, 5) is 3.56. The summed E-state index contributed by atoms with van der Waals surface area (Å²) in [6.45, 7) is 1.47. The zero-order chi connectivity index (χ0) is 9.47. The molecule has 1 aromatic rings. The Hall–Kier alpha value is -0.620. The summed E-state index contributed by atoms with van der Waals surface area (Å²) in [6.07, 6.45) is -4.29. The van der Waals surface area contributed by atoms with E-state index in [-0.39, 0.29) is 5.92 Å². The molecular weight excluding hydrogens is 201 g/mol. The zero-order valence-corrected chi connectivity index (χ0v) is 7.37. The molecule has 6 heteroatoms. The monoisotopic (exact) mass is 208 g/mol. The fraction of sp³-hybridized carbons (Fsp3) is 0.571. The third-order valence-corrected chi connectivity index (χ3v) is 2.87. The van der Waals surface area contributed by atoms with Gasteiger partial charge in [-0.2, -0.15) is 13.2 Å². The molecular formula is C7H7F3N2S. The molecule has 0 aliphatic carbocycles. The van der Waals surface area contributed by atoms with Gasteiger partial charge in [0.15, 0.2) is 5.01 Å². The minimum Gasteiger partial charge on any atom is -0.315 e. The van der Waals surface area contributed by atoms with Crippen LogP contribution in [0.15, 0.2) is 5.38 Å². The van der Waals surface area contributed by atoms with E-state index in [2.05, 4.69) is 10.3 Å². The Balaban J connectivity index is 2.17. The third-order valence-electron chi connectivity index (χ3n) is 1.96. The highest BCUT2D eigenvalue weighted by atomic mass is 32.1. The minimum absolute atomic E-state index is 0.173. The Morgan fingerprint density at radius 2 is 2.15 bits per heavy atom. The highest BCUT2D eigenvalue weighted by Gasteiger charge is 2.35. The van der Waals surface area contributed by atoms with E-state index >= 15 is 0 Å². The van der Waals surface area contributed by atoms with Crippen molar-refractivity contribution in [1.29, 1.82) is 0 Å². The predicted molar refractivity (Wildman–Crippen MR) is 42.7 cm³/mol. The average molecular weight is 208 g/mol. The Morgan fingerprint density at radius 1 is 1.46 bits per heavy atom. The average Bonchev–Trinajstić information content (AvgIpc) is 2.29. The van der Waals surface area contributed by atoms with Crippen molar-refractivity contribution in [3.63, 3.8) is 0 Å². The van der Waals surface area contributed by atoms with Crippen molar-refractivity contribution < 1.29 is 13.2 Å². The van der Waals surface area contributed by atoms with Crippen molar-refractivity contribution in [2.75, 3.05) is 13.1 Å². The minimum atomic E-state index is -4.29. The van der Waals surface area contributed by atoms with Crippen molar-refractivity contribution in [1.82, 2.24) is 10.3 Å². The van der Waals surface area contributed by atoms with Gasteiger partial charge < -0.3 is 5.32 Å². The first kappa shape index (κ1) is 8.96. The van der Waals surface area contributed by atoms with Gasteiger partial charge in [-0.3, -0.25) is 0 Å². The molecule has 2 rings (SSSR count). The Labute approximate surface area is 76.8 Å². The summed E-state index contributed by atoms with van der Waals surface area (Å²) in [5.74, 6) is 0.173.